The molecule has 0 aliphatic carbocycles. The minimum atomic E-state index is -1.78. The van der Waals surface area contributed by atoms with E-state index in [2.05, 4.69) is 19.0 Å². The largest absolute Gasteiger partial charge is 0.459 e. The number of hydrogen-bond acceptors (Lipinski definition) is 7. The molecule has 1 aliphatic heterocycles. The molecule has 0 aromatic heterocycles. The first-order valence-corrected chi connectivity index (χ1v) is 12.1. The first-order valence-electron chi connectivity index (χ1n) is 12.1. The third-order valence-electron chi connectivity index (χ3n) is 7.55. The van der Waals surface area contributed by atoms with Gasteiger partial charge in [-0.1, -0.05) is 67.0 Å². The minimum absolute atomic E-state index is 0.000827. The molecular formula is C25H47NO6. The number of oxime groups is 1. The summed E-state index contributed by atoms with van der Waals surface area (Å²) in [6, 6.07) is 0. The van der Waals surface area contributed by atoms with E-state index in [4.69, 9.17) is 4.74 Å². The Kier molecular flexibility index (Phi) is 12.1. The second-order valence-electron chi connectivity index (χ2n) is 9.72. The van der Waals surface area contributed by atoms with Crippen molar-refractivity contribution in [3.8, 4) is 0 Å². The number of hydrogen-bond donors (Lipinski definition) is 3. The molecule has 1 aliphatic rings. The number of aliphatic hydroxyl groups is 2. The minimum Gasteiger partial charge on any atom is -0.459 e. The average Bonchev–Trinajstić information content (AvgIpc) is 2.76. The Morgan fingerprint density at radius 2 is 1.62 bits per heavy atom. The highest BCUT2D eigenvalue weighted by atomic mass is 16.6. The van der Waals surface area contributed by atoms with E-state index in [1.54, 1.807) is 13.8 Å². The predicted octanol–water partition coefficient (Wildman–Crippen LogP) is 4.60. The summed E-state index contributed by atoms with van der Waals surface area (Å²) in [6.45, 7) is 18.5. The summed E-state index contributed by atoms with van der Waals surface area (Å²) >= 11 is 0. The van der Waals surface area contributed by atoms with Crippen molar-refractivity contribution in [2.24, 2.45) is 34.2 Å². The molecule has 1 fully saturated rings. The number of nitrogens with zero attached hydrogens (tertiary/aromatic N) is 1. The van der Waals surface area contributed by atoms with Gasteiger partial charge in [-0.3, -0.25) is 9.59 Å². The summed E-state index contributed by atoms with van der Waals surface area (Å²) in [5, 5.41) is 35.3. The summed E-state index contributed by atoms with van der Waals surface area (Å²) < 4.78 is 5.50. The van der Waals surface area contributed by atoms with Crippen molar-refractivity contribution >= 4 is 17.5 Å². The van der Waals surface area contributed by atoms with Crippen molar-refractivity contribution in [2.45, 2.75) is 113 Å². The molecule has 3 N–H and O–H groups in total. The quantitative estimate of drug-likeness (QED) is 0.241. The average molecular weight is 458 g/mol. The van der Waals surface area contributed by atoms with Gasteiger partial charge >= 0.3 is 5.97 Å². The topological polar surface area (TPSA) is 116 Å². The molecule has 2 unspecified atom stereocenters. The van der Waals surface area contributed by atoms with Crippen molar-refractivity contribution in [3.63, 3.8) is 0 Å². The van der Waals surface area contributed by atoms with Crippen molar-refractivity contribution in [1.29, 1.82) is 0 Å². The molecule has 8 atom stereocenters. The number of cyclic esters (lactones) is 1. The molecule has 7 nitrogen and oxygen atoms in total. The van der Waals surface area contributed by atoms with Crippen LogP contribution in [0.15, 0.2) is 5.16 Å². The zero-order valence-electron chi connectivity index (χ0n) is 21.8. The Morgan fingerprint density at radius 1 is 1.09 bits per heavy atom. The molecule has 0 aromatic carbocycles. The molecule has 0 radical (unpaired) electrons. The van der Waals surface area contributed by atoms with Gasteiger partial charge in [0, 0.05) is 12.3 Å². The summed E-state index contributed by atoms with van der Waals surface area (Å²) in [5.74, 6) is -2.67. The number of carbonyl (C=O) groups is 2. The van der Waals surface area contributed by atoms with Crippen molar-refractivity contribution in [1.82, 2.24) is 0 Å². The maximum Gasteiger partial charge on any atom is 0.316 e. The molecule has 0 amide bonds. The highest BCUT2D eigenvalue weighted by molar-refractivity contribution is 5.98. The molecule has 0 saturated carbocycles. The van der Waals surface area contributed by atoms with Gasteiger partial charge in [0.05, 0.1) is 11.8 Å². The first-order chi connectivity index (χ1) is 14.8. The molecule has 1 rings (SSSR count). The normalized spacial score (nSPS) is 41.3. The molecule has 0 bridgehead atoms. The van der Waals surface area contributed by atoms with Gasteiger partial charge in [-0.25, -0.2) is 0 Å². The maximum atomic E-state index is 12.8. The van der Waals surface area contributed by atoms with Gasteiger partial charge in [-0.15, -0.1) is 0 Å². The van der Waals surface area contributed by atoms with Crippen LogP contribution in [-0.2, 0) is 14.3 Å². The Balaban J connectivity index is 0.00000466. The molecule has 32 heavy (non-hydrogen) atoms. The first kappa shape index (κ1) is 30.5. The molecule has 0 aromatic rings. The van der Waals surface area contributed by atoms with Crippen LogP contribution in [0.4, 0.5) is 0 Å². The van der Waals surface area contributed by atoms with E-state index in [0.29, 0.717) is 12.1 Å². The van der Waals surface area contributed by atoms with E-state index < -0.39 is 35.6 Å². The van der Waals surface area contributed by atoms with Crippen LogP contribution in [0.3, 0.4) is 0 Å². The monoisotopic (exact) mass is 457 g/mol. The van der Waals surface area contributed by atoms with E-state index in [1.165, 1.54) is 13.8 Å². The van der Waals surface area contributed by atoms with Gasteiger partial charge in [-0.2, -0.15) is 0 Å². The summed E-state index contributed by atoms with van der Waals surface area (Å²) in [7, 11) is 0. The number of rotatable bonds is 2. The van der Waals surface area contributed by atoms with Crippen LogP contribution >= 0.6 is 0 Å². The zero-order valence-corrected chi connectivity index (χ0v) is 21.8. The summed E-state index contributed by atoms with van der Waals surface area (Å²) in [6.07, 6.45) is -0.390. The molecule has 1 saturated heterocycles. The molecule has 188 valence electrons. The smallest absolute Gasteiger partial charge is 0.316 e. The Hall–Kier alpha value is -1.47. The van der Waals surface area contributed by atoms with Crippen LogP contribution in [0, 0.1) is 29.1 Å². The van der Waals surface area contributed by atoms with E-state index in [0.717, 1.165) is 6.42 Å². The third kappa shape index (κ3) is 6.77. The van der Waals surface area contributed by atoms with Crippen LogP contribution in [0.5, 0.6) is 0 Å². The fraction of sp³-hybridized carbons (Fsp3) is 0.880. The SMILES string of the molecule is CC.CC[C@H]1OC(=O)[C@H](C)C(=O)C[C@@H](C)[C@](C)(CC)C[C@@H](C)/C(=N\O)C(C)C(O)[C@]1(C)O. The van der Waals surface area contributed by atoms with Gasteiger partial charge in [0.25, 0.3) is 0 Å². The van der Waals surface area contributed by atoms with Gasteiger partial charge in [0.15, 0.2) is 0 Å². The Labute approximate surface area is 194 Å². The highest BCUT2D eigenvalue weighted by Crippen LogP contribution is 2.41. The number of aliphatic hydroxyl groups excluding tert-OH is 1. The third-order valence-corrected chi connectivity index (χ3v) is 7.55. The van der Waals surface area contributed by atoms with E-state index in [-0.39, 0.29) is 35.9 Å². The standard InChI is InChI=1S/C23H41NO6.C2H6/c1-9-18-23(8,28)20(26)16(6)19(24-29)13(3)12-22(7,10-2)14(4)11-17(25)15(5)21(27)30-18;1-2/h13-16,18,20,26,28-29H,9-12H2,1-8H3;1-2H3/b24-19+;/t13-,14-,15-,16?,18-,20?,22-,23-;/m1./s1. The van der Waals surface area contributed by atoms with Crippen LogP contribution in [0.25, 0.3) is 0 Å². The molecule has 1 heterocycles. The van der Waals surface area contributed by atoms with E-state index in [9.17, 15) is 25.0 Å². The lowest BCUT2D eigenvalue weighted by atomic mass is 9.66. The van der Waals surface area contributed by atoms with Crippen molar-refractivity contribution in [2.75, 3.05) is 0 Å². The summed E-state index contributed by atoms with van der Waals surface area (Å²) in [4.78, 5) is 25.5. The van der Waals surface area contributed by atoms with Gasteiger partial charge in [-0.05, 0) is 43.9 Å². The second-order valence-corrected chi connectivity index (χ2v) is 9.72. The lowest BCUT2D eigenvalue weighted by Crippen LogP contribution is -2.56. The van der Waals surface area contributed by atoms with Crippen LogP contribution in [-0.4, -0.2) is 50.7 Å². The fourth-order valence-corrected chi connectivity index (χ4v) is 4.71. The Morgan fingerprint density at radius 3 is 2.06 bits per heavy atom. The van der Waals surface area contributed by atoms with Crippen LogP contribution < -0.4 is 0 Å². The maximum absolute atomic E-state index is 12.8. The zero-order chi connectivity index (χ0) is 25.4. The number of ether oxygens (including phenoxy) is 1. The molecule has 7 heteroatoms. The van der Waals surface area contributed by atoms with Gasteiger partial charge < -0.3 is 20.2 Å². The van der Waals surface area contributed by atoms with Crippen molar-refractivity contribution in [3.05, 3.63) is 0 Å². The van der Waals surface area contributed by atoms with Gasteiger partial charge in [0.2, 0.25) is 0 Å². The van der Waals surface area contributed by atoms with E-state index >= 15 is 0 Å². The lowest BCUT2D eigenvalue weighted by molar-refractivity contribution is -0.186. The number of ketones is 1. The molecule has 0 spiro atoms. The number of carbonyl (C=O) groups excluding carboxylic acids is 2. The number of Topliss-reactive ketones (excluding diaryl/α,β-unsaturated/α-hetero) is 1. The van der Waals surface area contributed by atoms with Crippen molar-refractivity contribution < 1.29 is 29.7 Å². The fourth-order valence-electron chi connectivity index (χ4n) is 4.71. The van der Waals surface area contributed by atoms with Crippen LogP contribution in [0.2, 0.25) is 0 Å². The summed E-state index contributed by atoms with van der Waals surface area (Å²) in [5.41, 5.74) is -1.64. The highest BCUT2D eigenvalue weighted by Gasteiger charge is 2.47. The number of esters is 1. The Bertz CT molecular complexity index is 646. The van der Waals surface area contributed by atoms with Gasteiger partial charge in [0.1, 0.15) is 23.4 Å². The predicted molar refractivity (Wildman–Crippen MR) is 127 cm³/mol. The lowest BCUT2D eigenvalue weighted by Gasteiger charge is -2.42. The van der Waals surface area contributed by atoms with E-state index in [1.807, 2.05) is 27.7 Å². The second kappa shape index (κ2) is 12.7. The molecular weight excluding hydrogens is 410 g/mol. The van der Waals surface area contributed by atoms with Crippen LogP contribution in [0.1, 0.15) is 94.9 Å².